The fourth-order valence-electron chi connectivity index (χ4n) is 4.54. The number of aliphatic hydroxyl groups is 1. The zero-order valence-corrected chi connectivity index (χ0v) is 23.1. The van der Waals surface area contributed by atoms with Gasteiger partial charge in [0.15, 0.2) is 0 Å². The first-order chi connectivity index (χ1) is 18.1. The number of ketones is 1. The molecule has 0 saturated heterocycles. The SMILES string of the molecule is CNS(=O)(=O)O[C@@H]1C[C@H](Nc2ncncc2C(=O)c2cc([C@H]3OCCc4ccc(Cl)nc43)c(Cl)s2)C[C@@H]1O. The molecule has 5 rings (SSSR count). The summed E-state index contributed by atoms with van der Waals surface area (Å²) in [5, 5.41) is 13.8. The van der Waals surface area contributed by atoms with Gasteiger partial charge >= 0.3 is 10.3 Å². The molecule has 3 N–H and O–H groups in total. The van der Waals surface area contributed by atoms with Gasteiger partial charge in [0.1, 0.15) is 29.5 Å². The largest absolute Gasteiger partial charge is 0.390 e. The first-order valence-electron chi connectivity index (χ1n) is 11.6. The monoisotopic (exact) mass is 599 g/mol. The summed E-state index contributed by atoms with van der Waals surface area (Å²) in [6.45, 7) is 0.477. The summed E-state index contributed by atoms with van der Waals surface area (Å²) in [5.41, 5.74) is 2.49. The summed E-state index contributed by atoms with van der Waals surface area (Å²) in [6, 6.07) is 4.93. The van der Waals surface area contributed by atoms with Crippen LogP contribution in [-0.4, -0.2) is 66.2 Å². The molecular weight excluding hydrogens is 577 g/mol. The zero-order chi connectivity index (χ0) is 27.0. The lowest BCUT2D eigenvalue weighted by molar-refractivity contribution is 0.0636. The number of carbonyl (C=O) groups excluding carboxylic acids is 1. The zero-order valence-electron chi connectivity index (χ0n) is 19.9. The van der Waals surface area contributed by atoms with Crippen LogP contribution >= 0.6 is 34.5 Å². The van der Waals surface area contributed by atoms with E-state index in [1.54, 1.807) is 12.1 Å². The number of halogens is 2. The van der Waals surface area contributed by atoms with Gasteiger partial charge in [0.2, 0.25) is 5.78 Å². The van der Waals surface area contributed by atoms with Crippen LogP contribution in [0, 0.1) is 0 Å². The highest BCUT2D eigenvalue weighted by Crippen LogP contribution is 2.41. The molecular formula is C23H23Cl2N5O6S2. The van der Waals surface area contributed by atoms with Gasteiger partial charge in [0.25, 0.3) is 0 Å². The van der Waals surface area contributed by atoms with E-state index in [9.17, 15) is 18.3 Å². The number of ether oxygens (including phenoxy) is 1. The van der Waals surface area contributed by atoms with E-state index in [4.69, 9.17) is 32.1 Å². The maximum absolute atomic E-state index is 13.5. The van der Waals surface area contributed by atoms with E-state index in [1.807, 2.05) is 6.07 Å². The lowest BCUT2D eigenvalue weighted by atomic mass is 9.99. The Hall–Kier alpha value is -2.23. The van der Waals surface area contributed by atoms with Crippen molar-refractivity contribution in [3.8, 4) is 0 Å². The first kappa shape index (κ1) is 27.3. The molecule has 202 valence electrons. The quantitative estimate of drug-likeness (QED) is 0.260. The fraction of sp³-hybridized carbons (Fsp3) is 0.391. The number of hydrogen-bond acceptors (Lipinski definition) is 11. The fourth-order valence-corrected chi connectivity index (χ4v) is 6.59. The normalized spacial score (nSPS) is 23.3. The molecule has 3 aromatic rings. The van der Waals surface area contributed by atoms with Crippen LogP contribution in [0.3, 0.4) is 0 Å². The van der Waals surface area contributed by atoms with Gasteiger partial charge < -0.3 is 15.2 Å². The van der Waals surface area contributed by atoms with E-state index in [1.165, 1.54) is 19.6 Å². The van der Waals surface area contributed by atoms with Gasteiger partial charge in [-0.3, -0.25) is 8.98 Å². The number of carbonyl (C=O) groups is 1. The van der Waals surface area contributed by atoms with E-state index >= 15 is 0 Å². The maximum atomic E-state index is 13.5. The molecule has 4 heterocycles. The average Bonchev–Trinajstić information content (AvgIpc) is 3.44. The minimum atomic E-state index is -3.97. The number of hydrogen-bond donors (Lipinski definition) is 3. The third-order valence-electron chi connectivity index (χ3n) is 6.37. The van der Waals surface area contributed by atoms with Crippen LogP contribution in [0.15, 0.2) is 30.7 Å². The summed E-state index contributed by atoms with van der Waals surface area (Å²) in [7, 11) is -2.75. The van der Waals surface area contributed by atoms with E-state index in [0.29, 0.717) is 38.7 Å². The van der Waals surface area contributed by atoms with Gasteiger partial charge in [-0.15, -0.1) is 11.3 Å². The molecule has 0 amide bonds. The summed E-state index contributed by atoms with van der Waals surface area (Å²) >= 11 is 13.8. The standard InChI is InChI=1S/C23H23Cl2N5O6S2/c1-26-38(33,34)36-16-7-12(6-15(16)31)29-23-14(9-27-10-28-23)20(32)17-8-13(22(25)37-17)21-19-11(4-5-35-21)2-3-18(24)30-19/h2-3,8-10,12,15-16,21,26,31H,4-7H2,1H3,(H,27,28,29)/t12-,15+,16-,21-/m1/s1. The van der Waals surface area contributed by atoms with Crippen molar-refractivity contribution in [1.82, 2.24) is 19.7 Å². The van der Waals surface area contributed by atoms with E-state index < -0.39 is 34.7 Å². The molecule has 11 nitrogen and oxygen atoms in total. The van der Waals surface area contributed by atoms with Gasteiger partial charge in [-0.2, -0.15) is 13.1 Å². The van der Waals surface area contributed by atoms with Crippen molar-refractivity contribution in [2.45, 2.75) is 43.6 Å². The van der Waals surface area contributed by atoms with Gasteiger partial charge in [0, 0.05) is 24.8 Å². The Kier molecular flexibility index (Phi) is 7.99. The number of nitrogens with zero attached hydrogens (tertiary/aromatic N) is 3. The number of thiophene rings is 1. The molecule has 2 aliphatic rings. The van der Waals surface area contributed by atoms with Gasteiger partial charge in [-0.1, -0.05) is 29.3 Å². The summed E-state index contributed by atoms with van der Waals surface area (Å²) in [4.78, 5) is 26.5. The Morgan fingerprint density at radius 3 is 2.89 bits per heavy atom. The number of anilines is 1. The number of nitrogens with one attached hydrogen (secondary N) is 2. The molecule has 0 bridgehead atoms. The van der Waals surface area contributed by atoms with Crippen LogP contribution in [0.25, 0.3) is 0 Å². The van der Waals surface area contributed by atoms with Crippen LogP contribution in [-0.2, 0) is 25.6 Å². The lowest BCUT2D eigenvalue weighted by Gasteiger charge is -2.25. The van der Waals surface area contributed by atoms with Crippen LogP contribution in [0.1, 0.15) is 51.0 Å². The molecule has 1 aliphatic heterocycles. The second kappa shape index (κ2) is 11.1. The summed E-state index contributed by atoms with van der Waals surface area (Å²) in [5.74, 6) is -0.108. The van der Waals surface area contributed by atoms with Crippen LogP contribution in [0.5, 0.6) is 0 Å². The molecule has 3 aromatic heterocycles. The minimum Gasteiger partial charge on any atom is -0.390 e. The predicted molar refractivity (Wildman–Crippen MR) is 141 cm³/mol. The smallest absolute Gasteiger partial charge is 0.335 e. The molecule has 1 saturated carbocycles. The number of pyridine rings is 1. The summed E-state index contributed by atoms with van der Waals surface area (Å²) in [6.07, 6.45) is 1.25. The summed E-state index contributed by atoms with van der Waals surface area (Å²) < 4.78 is 36.9. The molecule has 4 atom stereocenters. The minimum absolute atomic E-state index is 0.183. The van der Waals surface area contributed by atoms with Crippen molar-refractivity contribution in [2.75, 3.05) is 19.0 Å². The average molecular weight is 601 g/mol. The third kappa shape index (κ3) is 5.70. The van der Waals surface area contributed by atoms with Crippen molar-refractivity contribution in [1.29, 1.82) is 0 Å². The van der Waals surface area contributed by atoms with Crippen LogP contribution < -0.4 is 10.0 Å². The topological polar surface area (TPSA) is 153 Å². The highest BCUT2D eigenvalue weighted by atomic mass is 35.5. The van der Waals surface area contributed by atoms with E-state index in [2.05, 4.69) is 25.0 Å². The van der Waals surface area contributed by atoms with Crippen molar-refractivity contribution in [3.63, 3.8) is 0 Å². The Morgan fingerprint density at radius 1 is 1.29 bits per heavy atom. The Labute approximate surface area is 232 Å². The third-order valence-corrected chi connectivity index (χ3v) is 8.97. The first-order valence-corrected chi connectivity index (χ1v) is 14.6. The van der Waals surface area contributed by atoms with Gasteiger partial charge in [-0.05, 0) is 37.0 Å². The molecule has 0 spiro atoms. The van der Waals surface area contributed by atoms with Gasteiger partial charge in [0.05, 0.1) is 33.2 Å². The molecule has 0 unspecified atom stereocenters. The Bertz CT molecular complexity index is 1470. The van der Waals surface area contributed by atoms with Crippen molar-refractivity contribution in [2.24, 2.45) is 0 Å². The van der Waals surface area contributed by atoms with E-state index in [0.717, 1.165) is 16.9 Å². The molecule has 1 aliphatic carbocycles. The second-order valence-electron chi connectivity index (χ2n) is 8.81. The van der Waals surface area contributed by atoms with E-state index in [-0.39, 0.29) is 30.0 Å². The Morgan fingerprint density at radius 2 is 2.11 bits per heavy atom. The number of fused-ring (bicyclic) bond motifs is 1. The maximum Gasteiger partial charge on any atom is 0.335 e. The van der Waals surface area contributed by atoms with Crippen LogP contribution in [0.2, 0.25) is 9.49 Å². The lowest BCUT2D eigenvalue weighted by Crippen LogP contribution is -2.31. The van der Waals surface area contributed by atoms with Crippen molar-refractivity contribution < 1.29 is 27.2 Å². The highest BCUT2D eigenvalue weighted by Gasteiger charge is 2.37. The number of aliphatic hydroxyl groups excluding tert-OH is 1. The van der Waals surface area contributed by atoms with Crippen molar-refractivity contribution >= 4 is 56.4 Å². The van der Waals surface area contributed by atoms with Crippen LogP contribution in [0.4, 0.5) is 5.82 Å². The van der Waals surface area contributed by atoms with Gasteiger partial charge in [-0.25, -0.2) is 15.0 Å². The predicted octanol–water partition coefficient (Wildman–Crippen LogP) is 2.92. The highest BCUT2D eigenvalue weighted by molar-refractivity contribution is 7.84. The molecule has 0 radical (unpaired) electrons. The molecule has 1 fully saturated rings. The number of rotatable bonds is 8. The van der Waals surface area contributed by atoms with Crippen molar-refractivity contribution in [3.05, 3.63) is 67.5 Å². The Balaban J connectivity index is 1.37. The molecule has 38 heavy (non-hydrogen) atoms. The molecule has 0 aromatic carbocycles. The molecule has 15 heteroatoms. The number of aromatic nitrogens is 3. The second-order valence-corrected chi connectivity index (χ2v) is 12.4.